The Labute approximate surface area is 125 Å². The number of methoxy groups -OCH3 is 1. The SMILES string of the molecule is COC(=O)Cc1ccc(Nc2ccc(N(C)C)cc2)cc1. The normalized spacial score (nSPS) is 10.0. The molecule has 2 rings (SSSR count). The first kappa shape index (κ1) is 14.9. The summed E-state index contributed by atoms with van der Waals surface area (Å²) in [6.45, 7) is 0. The van der Waals surface area contributed by atoms with Crippen LogP contribution in [0.3, 0.4) is 0 Å². The van der Waals surface area contributed by atoms with E-state index >= 15 is 0 Å². The van der Waals surface area contributed by atoms with Gasteiger partial charge in [-0.2, -0.15) is 0 Å². The van der Waals surface area contributed by atoms with Crippen LogP contribution in [-0.2, 0) is 16.0 Å². The maximum absolute atomic E-state index is 11.2. The number of hydrogen-bond acceptors (Lipinski definition) is 4. The van der Waals surface area contributed by atoms with Crippen LogP contribution in [0.4, 0.5) is 17.1 Å². The summed E-state index contributed by atoms with van der Waals surface area (Å²) in [5.41, 5.74) is 4.12. The first-order chi connectivity index (χ1) is 10.1. The van der Waals surface area contributed by atoms with Crippen molar-refractivity contribution in [2.75, 3.05) is 31.4 Å². The minimum Gasteiger partial charge on any atom is -0.469 e. The number of anilines is 3. The van der Waals surface area contributed by atoms with Gasteiger partial charge in [-0.25, -0.2) is 0 Å². The van der Waals surface area contributed by atoms with E-state index in [4.69, 9.17) is 0 Å². The molecule has 0 fully saturated rings. The third-order valence-corrected chi connectivity index (χ3v) is 3.20. The highest BCUT2D eigenvalue weighted by molar-refractivity contribution is 5.72. The van der Waals surface area contributed by atoms with Gasteiger partial charge >= 0.3 is 5.97 Å². The Bertz CT molecular complexity index is 589. The second-order valence-corrected chi connectivity index (χ2v) is 5.02. The quantitative estimate of drug-likeness (QED) is 0.856. The van der Waals surface area contributed by atoms with Crippen LogP contribution in [0.1, 0.15) is 5.56 Å². The summed E-state index contributed by atoms with van der Waals surface area (Å²) in [5, 5.41) is 3.33. The average molecular weight is 284 g/mol. The summed E-state index contributed by atoms with van der Waals surface area (Å²) in [6.07, 6.45) is 0.300. The molecule has 0 aromatic heterocycles. The van der Waals surface area contributed by atoms with E-state index in [1.54, 1.807) is 0 Å². The Balaban J connectivity index is 2.01. The fourth-order valence-corrected chi connectivity index (χ4v) is 1.95. The maximum Gasteiger partial charge on any atom is 0.309 e. The summed E-state index contributed by atoms with van der Waals surface area (Å²) in [6, 6.07) is 16.0. The monoisotopic (exact) mass is 284 g/mol. The number of rotatable bonds is 5. The zero-order valence-electron chi connectivity index (χ0n) is 12.6. The number of benzene rings is 2. The van der Waals surface area contributed by atoms with Crippen LogP contribution < -0.4 is 10.2 Å². The van der Waals surface area contributed by atoms with Crippen molar-refractivity contribution in [1.29, 1.82) is 0 Å². The standard InChI is InChI=1S/C17H20N2O2/c1-19(2)16-10-8-15(9-11-16)18-14-6-4-13(5-7-14)12-17(20)21-3/h4-11,18H,12H2,1-3H3. The molecule has 0 aliphatic rings. The Morgan fingerprint density at radius 3 is 2.00 bits per heavy atom. The van der Waals surface area contributed by atoms with Crippen LogP contribution in [0.2, 0.25) is 0 Å². The van der Waals surface area contributed by atoms with Crippen LogP contribution >= 0.6 is 0 Å². The van der Waals surface area contributed by atoms with E-state index in [1.807, 2.05) is 50.5 Å². The molecular weight excluding hydrogens is 264 g/mol. The van der Waals surface area contributed by atoms with E-state index < -0.39 is 0 Å². The van der Waals surface area contributed by atoms with Gasteiger partial charge in [-0.1, -0.05) is 12.1 Å². The third kappa shape index (κ3) is 4.24. The van der Waals surface area contributed by atoms with Crippen LogP contribution in [-0.4, -0.2) is 27.2 Å². The molecule has 4 nitrogen and oxygen atoms in total. The fourth-order valence-electron chi connectivity index (χ4n) is 1.95. The first-order valence-electron chi connectivity index (χ1n) is 6.78. The summed E-state index contributed by atoms with van der Waals surface area (Å²) in [5.74, 6) is -0.227. The lowest BCUT2D eigenvalue weighted by Gasteiger charge is -2.13. The van der Waals surface area contributed by atoms with Crippen LogP contribution in [0.25, 0.3) is 0 Å². The lowest BCUT2D eigenvalue weighted by atomic mass is 10.1. The van der Waals surface area contributed by atoms with Gasteiger partial charge in [0.1, 0.15) is 0 Å². The molecule has 0 amide bonds. The van der Waals surface area contributed by atoms with Crippen molar-refractivity contribution in [3.05, 3.63) is 54.1 Å². The number of nitrogens with one attached hydrogen (secondary N) is 1. The van der Waals surface area contributed by atoms with Crippen molar-refractivity contribution in [3.63, 3.8) is 0 Å². The molecule has 0 atom stereocenters. The molecule has 2 aromatic rings. The number of esters is 1. The third-order valence-electron chi connectivity index (χ3n) is 3.20. The predicted octanol–water partition coefficient (Wildman–Crippen LogP) is 3.21. The number of carbonyl (C=O) groups is 1. The Kier molecular flexibility index (Phi) is 4.82. The summed E-state index contributed by atoms with van der Waals surface area (Å²) in [7, 11) is 5.43. The molecule has 21 heavy (non-hydrogen) atoms. The molecule has 4 heteroatoms. The molecule has 0 saturated heterocycles. The summed E-state index contributed by atoms with van der Waals surface area (Å²) in [4.78, 5) is 13.3. The van der Waals surface area contributed by atoms with E-state index in [-0.39, 0.29) is 5.97 Å². The molecule has 0 heterocycles. The van der Waals surface area contributed by atoms with Crippen molar-refractivity contribution in [3.8, 4) is 0 Å². The van der Waals surface area contributed by atoms with Gasteiger partial charge in [-0.15, -0.1) is 0 Å². The molecular formula is C17H20N2O2. The van der Waals surface area contributed by atoms with Gasteiger partial charge in [0.15, 0.2) is 0 Å². The Morgan fingerprint density at radius 2 is 1.52 bits per heavy atom. The second-order valence-electron chi connectivity index (χ2n) is 5.02. The highest BCUT2D eigenvalue weighted by atomic mass is 16.5. The molecule has 0 spiro atoms. The smallest absolute Gasteiger partial charge is 0.309 e. The lowest BCUT2D eigenvalue weighted by molar-refractivity contribution is -0.139. The molecule has 0 radical (unpaired) electrons. The zero-order chi connectivity index (χ0) is 15.2. The zero-order valence-corrected chi connectivity index (χ0v) is 12.6. The lowest BCUT2D eigenvalue weighted by Crippen LogP contribution is -2.08. The molecule has 0 unspecified atom stereocenters. The second kappa shape index (κ2) is 6.79. The Hall–Kier alpha value is -2.49. The van der Waals surface area contributed by atoms with Crippen LogP contribution in [0.5, 0.6) is 0 Å². The van der Waals surface area contributed by atoms with Crippen molar-refractivity contribution in [1.82, 2.24) is 0 Å². The van der Waals surface area contributed by atoms with Gasteiger partial charge in [-0.3, -0.25) is 4.79 Å². The maximum atomic E-state index is 11.2. The minimum absolute atomic E-state index is 0.227. The molecule has 0 saturated carbocycles. The molecule has 2 aromatic carbocycles. The van der Waals surface area contributed by atoms with Gasteiger partial charge in [0.2, 0.25) is 0 Å². The van der Waals surface area contributed by atoms with E-state index in [9.17, 15) is 4.79 Å². The van der Waals surface area contributed by atoms with Gasteiger partial charge in [-0.05, 0) is 42.0 Å². The van der Waals surface area contributed by atoms with Crippen molar-refractivity contribution >= 4 is 23.0 Å². The fraction of sp³-hybridized carbons (Fsp3) is 0.235. The largest absolute Gasteiger partial charge is 0.469 e. The highest BCUT2D eigenvalue weighted by Crippen LogP contribution is 2.20. The topological polar surface area (TPSA) is 41.6 Å². The highest BCUT2D eigenvalue weighted by Gasteiger charge is 2.03. The van der Waals surface area contributed by atoms with Crippen molar-refractivity contribution in [2.45, 2.75) is 6.42 Å². The van der Waals surface area contributed by atoms with E-state index in [0.29, 0.717) is 6.42 Å². The van der Waals surface area contributed by atoms with Gasteiger partial charge in [0.05, 0.1) is 13.5 Å². The van der Waals surface area contributed by atoms with Crippen LogP contribution in [0.15, 0.2) is 48.5 Å². The molecule has 110 valence electrons. The molecule has 0 aliphatic carbocycles. The van der Waals surface area contributed by atoms with Gasteiger partial charge < -0.3 is 15.0 Å². The number of ether oxygens (including phenoxy) is 1. The summed E-state index contributed by atoms with van der Waals surface area (Å²) < 4.78 is 4.65. The van der Waals surface area contributed by atoms with Gasteiger partial charge in [0, 0.05) is 31.2 Å². The first-order valence-corrected chi connectivity index (χ1v) is 6.78. The predicted molar refractivity (Wildman–Crippen MR) is 86.2 cm³/mol. The molecule has 0 aliphatic heterocycles. The molecule has 0 bridgehead atoms. The Morgan fingerprint density at radius 1 is 1.00 bits per heavy atom. The molecule has 1 N–H and O–H groups in total. The average Bonchev–Trinajstić information content (AvgIpc) is 2.49. The number of nitrogens with zero attached hydrogens (tertiary/aromatic N) is 1. The van der Waals surface area contributed by atoms with E-state index in [0.717, 1.165) is 22.6 Å². The number of carbonyl (C=O) groups excluding carboxylic acids is 1. The van der Waals surface area contributed by atoms with E-state index in [1.165, 1.54) is 7.11 Å². The van der Waals surface area contributed by atoms with Crippen LogP contribution in [0, 0.1) is 0 Å². The minimum atomic E-state index is -0.227. The van der Waals surface area contributed by atoms with Crippen molar-refractivity contribution in [2.24, 2.45) is 0 Å². The van der Waals surface area contributed by atoms with Crippen molar-refractivity contribution < 1.29 is 9.53 Å². The summed E-state index contributed by atoms with van der Waals surface area (Å²) >= 11 is 0. The van der Waals surface area contributed by atoms with Gasteiger partial charge in [0.25, 0.3) is 0 Å². The van der Waals surface area contributed by atoms with E-state index in [2.05, 4.69) is 27.1 Å². The number of hydrogen-bond donors (Lipinski definition) is 1.